The first-order chi connectivity index (χ1) is 13.2. The van der Waals surface area contributed by atoms with Crippen molar-refractivity contribution in [3.63, 3.8) is 0 Å². The minimum atomic E-state index is 0.190. The Balaban J connectivity index is 1.43. The lowest BCUT2D eigenvalue weighted by Crippen LogP contribution is -2.69. The number of aromatic hydroxyl groups is 1. The fraction of sp³-hybridized carbons (Fsp3) is 0.250. The molecular formula is C20H20N6O. The molecule has 3 aliphatic rings. The summed E-state index contributed by atoms with van der Waals surface area (Å²) in [5.74, 6) is 0.622. The number of nitrogens with zero attached hydrogens (tertiary/aromatic N) is 5. The van der Waals surface area contributed by atoms with E-state index in [1.165, 1.54) is 5.69 Å². The minimum absolute atomic E-state index is 0.190. The van der Waals surface area contributed by atoms with Crippen molar-refractivity contribution in [3.8, 4) is 17.0 Å². The van der Waals surface area contributed by atoms with Crippen molar-refractivity contribution in [2.24, 2.45) is 0 Å². The number of piperidine rings is 1. The second-order valence-corrected chi connectivity index (χ2v) is 7.08. The van der Waals surface area contributed by atoms with Crippen molar-refractivity contribution in [2.45, 2.75) is 18.5 Å². The first kappa shape index (κ1) is 15.9. The van der Waals surface area contributed by atoms with Crippen LogP contribution in [-0.2, 0) is 0 Å². The molecule has 6 rings (SSSR count). The smallest absolute Gasteiger partial charge is 0.169 e. The van der Waals surface area contributed by atoms with Gasteiger partial charge >= 0.3 is 0 Å². The molecule has 3 saturated heterocycles. The molecule has 0 radical (unpaired) electrons. The number of phenols is 1. The SMILES string of the molecule is Nc1nnc(-c2ccccc2O)cc1N1C2CC1CN(c1ccncc1)C2. The van der Waals surface area contributed by atoms with E-state index in [4.69, 9.17) is 5.73 Å². The summed E-state index contributed by atoms with van der Waals surface area (Å²) in [5, 5.41) is 18.5. The highest BCUT2D eigenvalue weighted by atomic mass is 16.3. The van der Waals surface area contributed by atoms with E-state index in [1.807, 2.05) is 42.7 Å². The van der Waals surface area contributed by atoms with Crippen molar-refractivity contribution in [1.82, 2.24) is 15.2 Å². The third kappa shape index (κ3) is 2.63. The van der Waals surface area contributed by atoms with E-state index in [0.717, 1.165) is 25.2 Å². The summed E-state index contributed by atoms with van der Waals surface area (Å²) < 4.78 is 0. The number of hydrogen-bond acceptors (Lipinski definition) is 7. The molecule has 2 unspecified atom stereocenters. The van der Waals surface area contributed by atoms with E-state index < -0.39 is 0 Å². The average molecular weight is 360 g/mol. The largest absolute Gasteiger partial charge is 0.507 e. The number of benzene rings is 1. The van der Waals surface area contributed by atoms with Gasteiger partial charge in [0.05, 0.1) is 11.4 Å². The molecule has 0 saturated carbocycles. The standard InChI is InChI=1S/C20H20N6O/c21-20-18(10-17(23-24-20)16-3-1-2-4-19(16)27)26-14-9-15(26)12-25(11-14)13-5-7-22-8-6-13/h1-8,10,14-15,27H,9,11-12H2,(H2,21,24). The lowest BCUT2D eigenvalue weighted by Gasteiger charge is -2.58. The summed E-state index contributed by atoms with van der Waals surface area (Å²) in [6.45, 7) is 1.88. The monoisotopic (exact) mass is 360 g/mol. The molecule has 5 heterocycles. The van der Waals surface area contributed by atoms with Crippen LogP contribution in [0.25, 0.3) is 11.3 Å². The number of nitrogen functional groups attached to an aromatic ring is 1. The Morgan fingerprint density at radius 3 is 2.48 bits per heavy atom. The number of hydrogen-bond donors (Lipinski definition) is 2. The molecule has 3 aromatic rings. The summed E-state index contributed by atoms with van der Waals surface area (Å²) in [6, 6.07) is 14.0. The van der Waals surface area contributed by atoms with Gasteiger partial charge in [0.25, 0.3) is 0 Å². The normalized spacial score (nSPS) is 21.0. The van der Waals surface area contributed by atoms with Crippen molar-refractivity contribution < 1.29 is 5.11 Å². The number of phenolic OH excluding ortho intramolecular Hbond substituents is 1. The van der Waals surface area contributed by atoms with Gasteiger partial charge in [0.1, 0.15) is 5.75 Å². The lowest BCUT2D eigenvalue weighted by atomic mass is 9.86. The lowest BCUT2D eigenvalue weighted by molar-refractivity contribution is 0.291. The van der Waals surface area contributed by atoms with Gasteiger partial charge in [-0.3, -0.25) is 4.98 Å². The van der Waals surface area contributed by atoms with Crippen LogP contribution in [0.2, 0.25) is 0 Å². The number of anilines is 3. The maximum atomic E-state index is 10.1. The maximum Gasteiger partial charge on any atom is 0.169 e. The average Bonchev–Trinajstić information content (AvgIpc) is 2.71. The third-order valence-electron chi connectivity index (χ3n) is 5.48. The topological polar surface area (TPSA) is 91.4 Å². The zero-order valence-corrected chi connectivity index (χ0v) is 14.7. The van der Waals surface area contributed by atoms with Crippen LogP contribution < -0.4 is 15.5 Å². The van der Waals surface area contributed by atoms with E-state index >= 15 is 0 Å². The number of piperazine rings is 1. The van der Waals surface area contributed by atoms with Crippen LogP contribution in [0.15, 0.2) is 54.9 Å². The molecule has 3 aliphatic heterocycles. The molecular weight excluding hydrogens is 340 g/mol. The zero-order valence-electron chi connectivity index (χ0n) is 14.7. The quantitative estimate of drug-likeness (QED) is 0.740. The summed E-state index contributed by atoms with van der Waals surface area (Å²) >= 11 is 0. The first-order valence-corrected chi connectivity index (χ1v) is 9.05. The Morgan fingerprint density at radius 1 is 1.00 bits per heavy atom. The molecule has 7 nitrogen and oxygen atoms in total. The van der Waals surface area contributed by atoms with Gasteiger partial charge in [0.2, 0.25) is 0 Å². The van der Waals surface area contributed by atoms with E-state index in [9.17, 15) is 5.11 Å². The molecule has 0 aliphatic carbocycles. The predicted octanol–water partition coefficient (Wildman–Crippen LogP) is 2.29. The third-order valence-corrected chi connectivity index (χ3v) is 5.48. The van der Waals surface area contributed by atoms with Crippen LogP contribution in [0.3, 0.4) is 0 Å². The highest BCUT2D eigenvalue weighted by Gasteiger charge is 2.45. The number of aromatic nitrogens is 3. The summed E-state index contributed by atoms with van der Waals surface area (Å²) in [7, 11) is 0. The summed E-state index contributed by atoms with van der Waals surface area (Å²) in [4.78, 5) is 8.85. The zero-order chi connectivity index (χ0) is 18.4. The van der Waals surface area contributed by atoms with Gasteiger partial charge in [-0.1, -0.05) is 12.1 Å². The van der Waals surface area contributed by atoms with Gasteiger partial charge in [-0.05, 0) is 36.8 Å². The Morgan fingerprint density at radius 2 is 1.74 bits per heavy atom. The van der Waals surface area contributed by atoms with E-state index in [1.54, 1.807) is 12.1 Å². The van der Waals surface area contributed by atoms with Crippen LogP contribution in [0, 0.1) is 0 Å². The van der Waals surface area contributed by atoms with Crippen molar-refractivity contribution in [3.05, 3.63) is 54.9 Å². The molecule has 0 amide bonds. The highest BCUT2D eigenvalue weighted by Crippen LogP contribution is 2.41. The highest BCUT2D eigenvalue weighted by molar-refractivity contribution is 5.75. The van der Waals surface area contributed by atoms with Gasteiger partial charge in [-0.15, -0.1) is 10.2 Å². The van der Waals surface area contributed by atoms with Crippen LogP contribution in [0.1, 0.15) is 6.42 Å². The molecule has 3 N–H and O–H groups in total. The summed E-state index contributed by atoms with van der Waals surface area (Å²) in [6.07, 6.45) is 4.81. The number of nitrogens with two attached hydrogens (primary N) is 1. The summed E-state index contributed by atoms with van der Waals surface area (Å²) in [5.41, 5.74) is 9.57. The minimum Gasteiger partial charge on any atom is -0.507 e. The molecule has 7 heteroatoms. The van der Waals surface area contributed by atoms with Gasteiger partial charge in [0, 0.05) is 48.8 Å². The number of para-hydroxylation sites is 1. The van der Waals surface area contributed by atoms with E-state index in [2.05, 4.69) is 25.0 Å². The molecule has 2 aromatic heterocycles. The Bertz CT molecular complexity index is 967. The second kappa shape index (κ2) is 6.12. The van der Waals surface area contributed by atoms with Gasteiger partial charge in [0.15, 0.2) is 5.82 Å². The molecule has 136 valence electrons. The Hall–Kier alpha value is -3.35. The van der Waals surface area contributed by atoms with Gasteiger partial charge in [-0.25, -0.2) is 0 Å². The fourth-order valence-electron chi connectivity index (χ4n) is 4.19. The molecule has 0 spiro atoms. The molecule has 2 bridgehead atoms. The number of pyridine rings is 1. The Kier molecular flexibility index (Phi) is 3.60. The first-order valence-electron chi connectivity index (χ1n) is 9.05. The van der Waals surface area contributed by atoms with Crippen LogP contribution in [0.4, 0.5) is 17.2 Å². The predicted molar refractivity (Wildman–Crippen MR) is 105 cm³/mol. The van der Waals surface area contributed by atoms with Gasteiger partial charge < -0.3 is 20.6 Å². The van der Waals surface area contributed by atoms with Crippen LogP contribution in [-0.4, -0.2) is 45.5 Å². The van der Waals surface area contributed by atoms with Crippen LogP contribution in [0.5, 0.6) is 5.75 Å². The van der Waals surface area contributed by atoms with E-state index in [0.29, 0.717) is 29.2 Å². The number of fused-ring (bicyclic) bond motifs is 2. The molecule has 2 atom stereocenters. The van der Waals surface area contributed by atoms with E-state index in [-0.39, 0.29) is 5.75 Å². The van der Waals surface area contributed by atoms with Gasteiger partial charge in [-0.2, -0.15) is 0 Å². The molecule has 27 heavy (non-hydrogen) atoms. The van der Waals surface area contributed by atoms with Crippen LogP contribution >= 0.6 is 0 Å². The Labute approximate surface area is 157 Å². The maximum absolute atomic E-state index is 10.1. The molecule has 1 aromatic carbocycles. The van der Waals surface area contributed by atoms with Crippen molar-refractivity contribution in [1.29, 1.82) is 0 Å². The molecule has 3 fully saturated rings. The van der Waals surface area contributed by atoms with Crippen molar-refractivity contribution in [2.75, 3.05) is 28.6 Å². The fourth-order valence-corrected chi connectivity index (χ4v) is 4.19. The number of rotatable bonds is 3. The second-order valence-electron chi connectivity index (χ2n) is 7.08. The van der Waals surface area contributed by atoms with Crippen molar-refractivity contribution >= 4 is 17.2 Å².